The van der Waals surface area contributed by atoms with Gasteiger partial charge < -0.3 is 15.2 Å². The van der Waals surface area contributed by atoms with Crippen LogP contribution in [0.4, 0.5) is 10.1 Å². The Balaban J connectivity index is 1.56. The van der Waals surface area contributed by atoms with E-state index in [-0.39, 0.29) is 29.5 Å². The zero-order chi connectivity index (χ0) is 22.8. The molecule has 0 aliphatic carbocycles. The number of benzene rings is 2. The highest BCUT2D eigenvalue weighted by Crippen LogP contribution is 2.27. The van der Waals surface area contributed by atoms with E-state index in [0.29, 0.717) is 28.0 Å². The molecule has 2 N–H and O–H groups in total. The molecule has 7 nitrogen and oxygen atoms in total. The number of nitrogens with one attached hydrogen (secondary N) is 2. The molecule has 4 aromatic rings. The predicted octanol–water partition coefficient (Wildman–Crippen LogP) is 4.78. The molecule has 2 aromatic heterocycles. The first-order valence-electron chi connectivity index (χ1n) is 9.69. The van der Waals surface area contributed by atoms with E-state index in [1.54, 1.807) is 31.2 Å². The number of carbonyl (C=O) groups is 2. The molecule has 0 saturated heterocycles. The summed E-state index contributed by atoms with van der Waals surface area (Å²) >= 11 is 3.38. The van der Waals surface area contributed by atoms with Crippen LogP contribution in [0.3, 0.4) is 0 Å². The first-order valence-corrected chi connectivity index (χ1v) is 10.5. The number of pyridine rings is 1. The van der Waals surface area contributed by atoms with E-state index in [1.807, 2.05) is 19.1 Å². The Kier molecular flexibility index (Phi) is 6.00. The van der Waals surface area contributed by atoms with Gasteiger partial charge in [-0.2, -0.15) is 0 Å². The molecular weight excluding hydrogens is 479 g/mol. The maximum absolute atomic E-state index is 13.3. The molecule has 9 heteroatoms. The van der Waals surface area contributed by atoms with Gasteiger partial charge in [-0.05, 0) is 67.9 Å². The summed E-state index contributed by atoms with van der Waals surface area (Å²) in [6, 6.07) is 12.8. The van der Waals surface area contributed by atoms with Crippen LogP contribution in [0.25, 0.3) is 22.4 Å². The summed E-state index contributed by atoms with van der Waals surface area (Å²) in [4.78, 5) is 29.7. The number of rotatable bonds is 5. The van der Waals surface area contributed by atoms with E-state index >= 15 is 0 Å². The fraction of sp³-hybridized carbons (Fsp3) is 0.130. The lowest BCUT2D eigenvalue weighted by Crippen LogP contribution is -2.33. The zero-order valence-corrected chi connectivity index (χ0v) is 18.8. The fourth-order valence-electron chi connectivity index (χ4n) is 3.26. The van der Waals surface area contributed by atoms with Crippen molar-refractivity contribution in [1.82, 2.24) is 15.5 Å². The van der Waals surface area contributed by atoms with Crippen molar-refractivity contribution in [3.05, 3.63) is 75.6 Å². The van der Waals surface area contributed by atoms with Crippen LogP contribution in [0.2, 0.25) is 0 Å². The van der Waals surface area contributed by atoms with Crippen LogP contribution in [-0.2, 0) is 4.79 Å². The Morgan fingerprint density at radius 1 is 1.09 bits per heavy atom. The number of hydrogen-bond donors (Lipinski definition) is 2. The van der Waals surface area contributed by atoms with Crippen molar-refractivity contribution < 1.29 is 18.5 Å². The largest absolute Gasteiger partial charge is 0.343 e. The molecule has 0 fully saturated rings. The molecule has 4 rings (SSSR count). The van der Waals surface area contributed by atoms with Gasteiger partial charge in [0.2, 0.25) is 5.91 Å². The molecule has 2 heterocycles. The van der Waals surface area contributed by atoms with Crippen LogP contribution in [0, 0.1) is 19.7 Å². The molecule has 0 aliphatic heterocycles. The van der Waals surface area contributed by atoms with E-state index in [9.17, 15) is 14.0 Å². The zero-order valence-electron chi connectivity index (χ0n) is 17.2. The third kappa shape index (κ3) is 4.52. The van der Waals surface area contributed by atoms with Crippen LogP contribution < -0.4 is 10.6 Å². The van der Waals surface area contributed by atoms with Gasteiger partial charge in [0.25, 0.3) is 11.6 Å². The van der Waals surface area contributed by atoms with Crippen molar-refractivity contribution in [3.8, 4) is 11.3 Å². The molecule has 162 valence electrons. The lowest BCUT2D eigenvalue weighted by atomic mass is 10.1. The highest BCUT2D eigenvalue weighted by Gasteiger charge is 2.20. The van der Waals surface area contributed by atoms with Gasteiger partial charge >= 0.3 is 0 Å². The Morgan fingerprint density at radius 2 is 1.84 bits per heavy atom. The number of anilines is 1. The van der Waals surface area contributed by atoms with Gasteiger partial charge in [0.05, 0.1) is 28.9 Å². The molecule has 0 saturated carbocycles. The van der Waals surface area contributed by atoms with E-state index in [2.05, 4.69) is 36.7 Å². The molecule has 0 aliphatic rings. The van der Waals surface area contributed by atoms with Crippen molar-refractivity contribution in [2.24, 2.45) is 0 Å². The molecule has 0 unspecified atom stereocenters. The highest BCUT2D eigenvalue weighted by atomic mass is 79.9. The summed E-state index contributed by atoms with van der Waals surface area (Å²) in [7, 11) is 0. The number of nitrogens with zero attached hydrogens (tertiary/aromatic N) is 2. The average Bonchev–Trinajstić information content (AvgIpc) is 3.14. The van der Waals surface area contributed by atoms with E-state index in [0.717, 1.165) is 10.0 Å². The van der Waals surface area contributed by atoms with Crippen molar-refractivity contribution in [3.63, 3.8) is 0 Å². The minimum Gasteiger partial charge on any atom is -0.343 e. The molecule has 0 bridgehead atoms. The number of carbonyl (C=O) groups excluding carboxylic acids is 2. The van der Waals surface area contributed by atoms with Gasteiger partial charge in [-0.3, -0.25) is 9.59 Å². The number of amides is 2. The first-order chi connectivity index (χ1) is 15.3. The van der Waals surface area contributed by atoms with E-state index < -0.39 is 5.91 Å². The standard InChI is InChI=1S/C23H18BrFN4O3/c1-12-9-15(24)5-8-18(12)27-20(30)11-26-22(31)17-10-19(14-3-6-16(25)7-4-14)28-23-21(17)13(2)29-32-23/h3-10H,11H2,1-2H3,(H,26,31)(H,27,30). The van der Waals surface area contributed by atoms with Crippen LogP contribution in [0.1, 0.15) is 21.6 Å². The number of halogens is 2. The molecule has 32 heavy (non-hydrogen) atoms. The van der Waals surface area contributed by atoms with E-state index in [4.69, 9.17) is 4.52 Å². The normalized spacial score (nSPS) is 10.9. The van der Waals surface area contributed by atoms with Gasteiger partial charge in [-0.1, -0.05) is 21.1 Å². The van der Waals surface area contributed by atoms with Crippen LogP contribution in [0.15, 0.2) is 57.5 Å². The second-order valence-electron chi connectivity index (χ2n) is 7.20. The van der Waals surface area contributed by atoms with Gasteiger partial charge in [-0.15, -0.1) is 0 Å². The number of aromatic nitrogens is 2. The lowest BCUT2D eigenvalue weighted by molar-refractivity contribution is -0.115. The Bertz CT molecular complexity index is 1340. The summed E-state index contributed by atoms with van der Waals surface area (Å²) in [5.74, 6) is -1.22. The van der Waals surface area contributed by atoms with Crippen molar-refractivity contribution >= 4 is 44.5 Å². The monoisotopic (exact) mass is 496 g/mol. The highest BCUT2D eigenvalue weighted by molar-refractivity contribution is 9.10. The van der Waals surface area contributed by atoms with Crippen molar-refractivity contribution in [1.29, 1.82) is 0 Å². The number of aryl methyl sites for hydroxylation is 2. The second kappa shape index (κ2) is 8.88. The van der Waals surface area contributed by atoms with Crippen LogP contribution in [0.5, 0.6) is 0 Å². The third-order valence-corrected chi connectivity index (χ3v) is 5.37. The summed E-state index contributed by atoms with van der Waals surface area (Å²) in [6.07, 6.45) is 0. The van der Waals surface area contributed by atoms with Gasteiger partial charge in [0, 0.05) is 15.7 Å². The number of hydrogen-bond acceptors (Lipinski definition) is 5. The molecule has 0 atom stereocenters. The maximum atomic E-state index is 13.3. The molecular formula is C23H18BrFN4O3. The average molecular weight is 497 g/mol. The van der Waals surface area contributed by atoms with E-state index in [1.165, 1.54) is 12.1 Å². The minimum atomic E-state index is -0.477. The lowest BCUT2D eigenvalue weighted by Gasteiger charge is -2.11. The third-order valence-electron chi connectivity index (χ3n) is 4.87. The minimum absolute atomic E-state index is 0.185. The summed E-state index contributed by atoms with van der Waals surface area (Å²) in [5, 5.41) is 9.76. The van der Waals surface area contributed by atoms with Gasteiger partial charge in [-0.25, -0.2) is 9.37 Å². The molecule has 0 radical (unpaired) electrons. The Hall–Kier alpha value is -3.59. The van der Waals surface area contributed by atoms with Crippen LogP contribution in [-0.4, -0.2) is 28.5 Å². The first kappa shape index (κ1) is 21.6. The molecule has 2 aromatic carbocycles. The number of fused-ring (bicyclic) bond motifs is 1. The van der Waals surface area contributed by atoms with Crippen molar-refractivity contribution in [2.75, 3.05) is 11.9 Å². The van der Waals surface area contributed by atoms with Gasteiger partial charge in [0.1, 0.15) is 5.82 Å². The predicted molar refractivity (Wildman–Crippen MR) is 122 cm³/mol. The summed E-state index contributed by atoms with van der Waals surface area (Å²) in [5.41, 5.74) is 3.53. The molecule has 0 spiro atoms. The summed E-state index contributed by atoms with van der Waals surface area (Å²) in [6.45, 7) is 3.34. The Labute approximate surface area is 191 Å². The Morgan fingerprint density at radius 3 is 2.56 bits per heavy atom. The van der Waals surface area contributed by atoms with Gasteiger partial charge in [0.15, 0.2) is 0 Å². The van der Waals surface area contributed by atoms with Crippen LogP contribution >= 0.6 is 15.9 Å². The SMILES string of the molecule is Cc1cc(Br)ccc1NC(=O)CNC(=O)c1cc(-c2ccc(F)cc2)nc2onc(C)c12. The topological polar surface area (TPSA) is 97.1 Å². The molecule has 2 amide bonds. The quantitative estimate of drug-likeness (QED) is 0.414. The second-order valence-corrected chi connectivity index (χ2v) is 8.12. The van der Waals surface area contributed by atoms with Crippen molar-refractivity contribution in [2.45, 2.75) is 13.8 Å². The smallest absolute Gasteiger partial charge is 0.259 e. The summed E-state index contributed by atoms with van der Waals surface area (Å²) < 4.78 is 19.5. The fourth-order valence-corrected chi connectivity index (χ4v) is 3.74. The maximum Gasteiger partial charge on any atom is 0.259 e.